The third-order valence-electron chi connectivity index (χ3n) is 6.13. The van der Waals surface area contributed by atoms with Crippen molar-refractivity contribution in [1.82, 2.24) is 0 Å². The van der Waals surface area contributed by atoms with Crippen LogP contribution >= 0.6 is 23.2 Å². The Kier molecular flexibility index (Phi) is 19.7. The number of nitrogens with zero attached hydrogens (tertiary/aromatic N) is 1. The summed E-state index contributed by atoms with van der Waals surface area (Å²) in [5.41, 5.74) is 1.04. The van der Waals surface area contributed by atoms with Crippen LogP contribution in [-0.4, -0.2) is 30.8 Å². The average Bonchev–Trinajstić information content (AvgIpc) is 2.82. The number of hydrogen-bond acceptors (Lipinski definition) is 3. The Hall–Kier alpha value is -0.930. The summed E-state index contributed by atoms with van der Waals surface area (Å²) in [6.45, 7) is 3.76. The van der Waals surface area contributed by atoms with Gasteiger partial charge in [0.05, 0.1) is 0 Å². The second kappa shape index (κ2) is 21.6. The number of alkyl halides is 2. The van der Waals surface area contributed by atoms with E-state index in [0.717, 1.165) is 31.6 Å². The van der Waals surface area contributed by atoms with Gasteiger partial charge in [0, 0.05) is 37.0 Å². The van der Waals surface area contributed by atoms with Gasteiger partial charge in [-0.2, -0.15) is 0 Å². The quantitative estimate of drug-likeness (QED) is 0.0688. The molecule has 0 N–H and O–H groups in total. The number of esters is 1. The fourth-order valence-corrected chi connectivity index (χ4v) is 4.53. The number of ether oxygens (including phenoxy) is 1. The molecule has 0 aliphatic rings. The molecule has 190 valence electrons. The largest absolute Gasteiger partial charge is 0.427 e. The summed E-state index contributed by atoms with van der Waals surface area (Å²) in [6, 6.07) is 7.59. The molecule has 0 saturated heterocycles. The summed E-state index contributed by atoms with van der Waals surface area (Å²) in [5.74, 6) is 1.55. The van der Waals surface area contributed by atoms with Gasteiger partial charge in [-0.25, -0.2) is 0 Å². The summed E-state index contributed by atoms with van der Waals surface area (Å²) in [6.07, 6.45) is 20.3. The minimum Gasteiger partial charge on any atom is -0.427 e. The third kappa shape index (κ3) is 16.4. The van der Waals surface area contributed by atoms with Crippen molar-refractivity contribution in [2.75, 3.05) is 29.7 Å². The van der Waals surface area contributed by atoms with Crippen molar-refractivity contribution in [3.05, 3.63) is 24.3 Å². The fraction of sp³-hybridized carbons (Fsp3) is 0.750. The molecular weight excluding hydrogens is 453 g/mol. The van der Waals surface area contributed by atoms with Gasteiger partial charge in [-0.05, 0) is 30.7 Å². The number of benzene rings is 1. The fourth-order valence-electron chi connectivity index (χ4n) is 4.12. The predicted molar refractivity (Wildman–Crippen MR) is 145 cm³/mol. The van der Waals surface area contributed by atoms with E-state index in [1.807, 2.05) is 24.3 Å². The Labute approximate surface area is 213 Å². The summed E-state index contributed by atoms with van der Waals surface area (Å²) in [5, 5.41) is 0. The van der Waals surface area contributed by atoms with Crippen molar-refractivity contribution in [3.8, 4) is 5.75 Å². The summed E-state index contributed by atoms with van der Waals surface area (Å²) >= 11 is 11.7. The highest BCUT2D eigenvalue weighted by Gasteiger charge is 2.08. The number of rotatable bonds is 22. The molecule has 0 aliphatic heterocycles. The van der Waals surface area contributed by atoms with Gasteiger partial charge < -0.3 is 9.64 Å². The highest BCUT2D eigenvalue weighted by atomic mass is 35.5. The zero-order valence-corrected chi connectivity index (χ0v) is 22.5. The van der Waals surface area contributed by atoms with Crippen LogP contribution in [0.25, 0.3) is 0 Å². The van der Waals surface area contributed by atoms with Crippen LogP contribution in [0.4, 0.5) is 5.69 Å². The first-order valence-corrected chi connectivity index (χ1v) is 14.5. The van der Waals surface area contributed by atoms with E-state index in [9.17, 15) is 4.79 Å². The molecule has 1 rings (SSSR count). The van der Waals surface area contributed by atoms with Crippen molar-refractivity contribution in [1.29, 1.82) is 0 Å². The van der Waals surface area contributed by atoms with E-state index in [0.29, 0.717) is 23.9 Å². The molecule has 0 radical (unpaired) electrons. The van der Waals surface area contributed by atoms with Crippen LogP contribution < -0.4 is 9.64 Å². The van der Waals surface area contributed by atoms with E-state index in [2.05, 4.69) is 11.8 Å². The second-order valence-corrected chi connectivity index (χ2v) is 9.79. The van der Waals surface area contributed by atoms with Gasteiger partial charge in [-0.3, -0.25) is 4.79 Å². The van der Waals surface area contributed by atoms with Crippen molar-refractivity contribution in [2.24, 2.45) is 0 Å². The average molecular weight is 501 g/mol. The Balaban J connectivity index is 1.99. The standard InChI is InChI=1S/C28H47Cl2NO2/c1-2-3-4-5-6-7-8-9-10-11-12-13-14-15-16-17-28(32)33-27-20-18-26(19-21-27)31(24-22-29)25-23-30/h18-21H,2-17,22-25H2,1H3. The number of anilines is 1. The van der Waals surface area contributed by atoms with Gasteiger partial charge in [-0.15, -0.1) is 23.2 Å². The van der Waals surface area contributed by atoms with Gasteiger partial charge in [0.1, 0.15) is 5.75 Å². The summed E-state index contributed by atoms with van der Waals surface area (Å²) in [4.78, 5) is 14.2. The Bertz CT molecular complexity index is 574. The highest BCUT2D eigenvalue weighted by molar-refractivity contribution is 6.18. The zero-order valence-electron chi connectivity index (χ0n) is 21.0. The molecule has 0 fully saturated rings. The van der Waals surface area contributed by atoms with E-state index in [4.69, 9.17) is 27.9 Å². The topological polar surface area (TPSA) is 29.5 Å². The molecule has 0 saturated carbocycles. The molecular formula is C28H47Cl2NO2. The molecule has 5 heteroatoms. The lowest BCUT2D eigenvalue weighted by Crippen LogP contribution is -2.27. The van der Waals surface area contributed by atoms with E-state index in [-0.39, 0.29) is 5.97 Å². The smallest absolute Gasteiger partial charge is 0.311 e. The molecule has 0 unspecified atom stereocenters. The van der Waals surface area contributed by atoms with Gasteiger partial charge in [0.2, 0.25) is 0 Å². The van der Waals surface area contributed by atoms with Gasteiger partial charge >= 0.3 is 5.97 Å². The Morgan fingerprint density at radius 1 is 0.697 bits per heavy atom. The number of unbranched alkanes of at least 4 members (excludes halogenated alkanes) is 14. The monoisotopic (exact) mass is 499 g/mol. The molecule has 0 aliphatic carbocycles. The normalized spacial score (nSPS) is 11.0. The van der Waals surface area contributed by atoms with Crippen LogP contribution in [0.5, 0.6) is 5.75 Å². The molecule has 0 atom stereocenters. The van der Waals surface area contributed by atoms with Crippen molar-refractivity contribution < 1.29 is 9.53 Å². The molecule has 1 aromatic carbocycles. The minimum absolute atomic E-state index is 0.143. The van der Waals surface area contributed by atoms with E-state index in [1.165, 1.54) is 83.5 Å². The van der Waals surface area contributed by atoms with Crippen LogP contribution in [0.2, 0.25) is 0 Å². The first-order valence-electron chi connectivity index (χ1n) is 13.4. The highest BCUT2D eigenvalue weighted by Crippen LogP contribution is 2.20. The molecule has 0 aromatic heterocycles. The Morgan fingerprint density at radius 3 is 1.55 bits per heavy atom. The number of halogens is 2. The molecule has 3 nitrogen and oxygen atoms in total. The van der Waals surface area contributed by atoms with Gasteiger partial charge in [-0.1, -0.05) is 96.8 Å². The number of hydrogen-bond donors (Lipinski definition) is 0. The van der Waals surface area contributed by atoms with Crippen LogP contribution in [0.1, 0.15) is 110 Å². The van der Waals surface area contributed by atoms with E-state index < -0.39 is 0 Å². The van der Waals surface area contributed by atoms with Crippen LogP contribution in [0.3, 0.4) is 0 Å². The van der Waals surface area contributed by atoms with Gasteiger partial charge in [0.25, 0.3) is 0 Å². The molecule has 0 amide bonds. The summed E-state index contributed by atoms with van der Waals surface area (Å²) in [7, 11) is 0. The molecule has 33 heavy (non-hydrogen) atoms. The van der Waals surface area contributed by atoms with Crippen LogP contribution in [0, 0.1) is 0 Å². The first kappa shape index (κ1) is 30.1. The minimum atomic E-state index is -0.143. The second-order valence-electron chi connectivity index (χ2n) is 9.03. The zero-order chi connectivity index (χ0) is 24.0. The van der Waals surface area contributed by atoms with E-state index >= 15 is 0 Å². The maximum Gasteiger partial charge on any atom is 0.311 e. The lowest BCUT2D eigenvalue weighted by molar-refractivity contribution is -0.134. The maximum absolute atomic E-state index is 12.1. The lowest BCUT2D eigenvalue weighted by Gasteiger charge is -2.22. The first-order chi connectivity index (χ1) is 16.2. The number of carbonyl (C=O) groups excluding carboxylic acids is 1. The van der Waals surface area contributed by atoms with E-state index in [1.54, 1.807) is 0 Å². The van der Waals surface area contributed by atoms with Crippen LogP contribution in [-0.2, 0) is 4.79 Å². The lowest BCUT2D eigenvalue weighted by atomic mass is 10.0. The predicted octanol–water partition coefficient (Wildman–Crippen LogP) is 9.14. The third-order valence-corrected chi connectivity index (χ3v) is 6.46. The molecule has 1 aromatic rings. The Morgan fingerprint density at radius 2 is 1.12 bits per heavy atom. The van der Waals surface area contributed by atoms with Crippen molar-refractivity contribution >= 4 is 34.9 Å². The maximum atomic E-state index is 12.1. The number of carbonyl (C=O) groups is 1. The molecule has 0 spiro atoms. The SMILES string of the molecule is CCCCCCCCCCCCCCCCCC(=O)Oc1ccc(N(CCCl)CCCl)cc1. The summed E-state index contributed by atoms with van der Waals surface area (Å²) < 4.78 is 5.48. The van der Waals surface area contributed by atoms with Crippen molar-refractivity contribution in [3.63, 3.8) is 0 Å². The van der Waals surface area contributed by atoms with Gasteiger partial charge in [0.15, 0.2) is 0 Å². The van der Waals surface area contributed by atoms with Crippen molar-refractivity contribution in [2.45, 2.75) is 110 Å². The molecule has 0 bridgehead atoms. The van der Waals surface area contributed by atoms with Crippen LogP contribution in [0.15, 0.2) is 24.3 Å². The molecule has 0 heterocycles.